The van der Waals surface area contributed by atoms with E-state index in [1.165, 1.54) is 6.92 Å². The smallest absolute Gasteiger partial charge is 0.130 e. The van der Waals surface area contributed by atoms with Gasteiger partial charge in [0.05, 0.1) is 0 Å². The molecule has 0 N–H and O–H groups in total. The lowest BCUT2D eigenvalue weighted by Crippen LogP contribution is -2.22. The first-order chi connectivity index (χ1) is 6.80. The normalized spacial score (nSPS) is 14.7. The zero-order valence-electron chi connectivity index (χ0n) is 10.3. The molecule has 0 saturated heterocycles. The van der Waals surface area contributed by atoms with Crippen LogP contribution in [0.15, 0.2) is 12.2 Å². The quantitative estimate of drug-likeness (QED) is 0.478. The van der Waals surface area contributed by atoms with E-state index in [0.717, 1.165) is 18.3 Å². The van der Waals surface area contributed by atoms with Crippen LogP contribution in [0.5, 0.6) is 0 Å². The van der Waals surface area contributed by atoms with Gasteiger partial charge in [0.15, 0.2) is 0 Å². The molecule has 2 nitrogen and oxygen atoms in total. The van der Waals surface area contributed by atoms with Crippen molar-refractivity contribution in [1.29, 1.82) is 0 Å². The van der Waals surface area contributed by atoms with Gasteiger partial charge in [0.1, 0.15) is 12.1 Å². The molecule has 0 aromatic carbocycles. The van der Waals surface area contributed by atoms with Gasteiger partial charge in [-0.1, -0.05) is 32.9 Å². The monoisotopic (exact) mass is 210 g/mol. The van der Waals surface area contributed by atoms with Crippen molar-refractivity contribution in [3.05, 3.63) is 12.2 Å². The molecule has 0 spiro atoms. The first-order valence-corrected chi connectivity index (χ1v) is 5.44. The molecule has 0 aromatic heterocycles. The zero-order valence-corrected chi connectivity index (χ0v) is 10.3. The number of carbonyl (C=O) groups excluding carboxylic acids is 2. The Hall–Kier alpha value is -0.920. The Labute approximate surface area is 92.8 Å². The van der Waals surface area contributed by atoms with Crippen LogP contribution in [0.2, 0.25) is 0 Å². The summed E-state index contributed by atoms with van der Waals surface area (Å²) in [4.78, 5) is 22.0. The molecule has 0 amide bonds. The standard InChI is InChI=1S/C13H22O2/c1-10(2)11(3)6-7-13(5,9-14)8-12(4)15/h9-10H,3,6-8H2,1-2,4-5H3. The van der Waals surface area contributed by atoms with Gasteiger partial charge >= 0.3 is 0 Å². The van der Waals surface area contributed by atoms with E-state index in [9.17, 15) is 9.59 Å². The largest absolute Gasteiger partial charge is 0.303 e. The SMILES string of the molecule is C=C(CCC(C)(C=O)CC(C)=O)C(C)C. The Kier molecular flexibility index (Phi) is 5.48. The number of Topliss-reactive ketones (excluding diaryl/α,β-unsaturated/α-hetero) is 1. The Balaban J connectivity index is 4.26. The van der Waals surface area contributed by atoms with Crippen molar-refractivity contribution in [2.45, 2.75) is 47.0 Å². The number of carbonyl (C=O) groups is 2. The topological polar surface area (TPSA) is 34.1 Å². The maximum absolute atomic E-state index is 11.0. The number of ketones is 1. The maximum atomic E-state index is 11.0. The third-order valence-corrected chi connectivity index (χ3v) is 2.77. The van der Waals surface area contributed by atoms with E-state index in [2.05, 4.69) is 20.4 Å². The summed E-state index contributed by atoms with van der Waals surface area (Å²) in [6.45, 7) is 11.5. The van der Waals surface area contributed by atoms with Crippen molar-refractivity contribution >= 4 is 12.1 Å². The number of hydrogen-bond acceptors (Lipinski definition) is 2. The van der Waals surface area contributed by atoms with Crippen molar-refractivity contribution in [1.82, 2.24) is 0 Å². The van der Waals surface area contributed by atoms with Crippen LogP contribution in [-0.4, -0.2) is 12.1 Å². The average molecular weight is 210 g/mol. The molecule has 86 valence electrons. The van der Waals surface area contributed by atoms with Gasteiger partial charge in [-0.25, -0.2) is 0 Å². The van der Waals surface area contributed by atoms with Gasteiger partial charge in [-0.05, 0) is 25.7 Å². The lowest BCUT2D eigenvalue weighted by atomic mass is 9.80. The van der Waals surface area contributed by atoms with Crippen molar-refractivity contribution < 1.29 is 9.59 Å². The molecule has 1 unspecified atom stereocenters. The minimum atomic E-state index is -0.510. The number of rotatable bonds is 7. The molecule has 0 rings (SSSR count). The van der Waals surface area contributed by atoms with Gasteiger partial charge in [0, 0.05) is 11.8 Å². The summed E-state index contributed by atoms with van der Waals surface area (Å²) in [5.41, 5.74) is 0.635. The van der Waals surface area contributed by atoms with Crippen molar-refractivity contribution in [2.24, 2.45) is 11.3 Å². The minimum absolute atomic E-state index is 0.0692. The van der Waals surface area contributed by atoms with Crippen LogP contribution in [0.25, 0.3) is 0 Å². The molecule has 0 radical (unpaired) electrons. The molecule has 15 heavy (non-hydrogen) atoms. The van der Waals surface area contributed by atoms with E-state index in [0.29, 0.717) is 18.8 Å². The van der Waals surface area contributed by atoms with Crippen LogP contribution in [0, 0.1) is 11.3 Å². The summed E-state index contributed by atoms with van der Waals surface area (Å²) in [5.74, 6) is 0.512. The first kappa shape index (κ1) is 14.1. The molecule has 0 aliphatic carbocycles. The summed E-state index contributed by atoms with van der Waals surface area (Å²) >= 11 is 0. The van der Waals surface area contributed by atoms with Gasteiger partial charge in [-0.2, -0.15) is 0 Å². The van der Waals surface area contributed by atoms with Crippen molar-refractivity contribution in [3.63, 3.8) is 0 Å². The molecule has 1 atom stereocenters. The van der Waals surface area contributed by atoms with Crippen LogP contribution in [0.1, 0.15) is 47.0 Å². The fourth-order valence-corrected chi connectivity index (χ4v) is 1.49. The molecule has 0 heterocycles. The molecule has 0 aromatic rings. The predicted octanol–water partition coefficient (Wildman–Crippen LogP) is 3.16. The van der Waals surface area contributed by atoms with Crippen LogP contribution >= 0.6 is 0 Å². The number of aldehydes is 1. The van der Waals surface area contributed by atoms with Crippen LogP contribution in [0.3, 0.4) is 0 Å². The van der Waals surface area contributed by atoms with Crippen LogP contribution < -0.4 is 0 Å². The number of allylic oxidation sites excluding steroid dienone is 1. The van der Waals surface area contributed by atoms with E-state index in [-0.39, 0.29) is 5.78 Å². The molecule has 0 saturated carbocycles. The first-order valence-electron chi connectivity index (χ1n) is 5.44. The summed E-state index contributed by atoms with van der Waals surface area (Å²) in [7, 11) is 0. The second-order valence-corrected chi connectivity index (χ2v) is 4.96. The highest BCUT2D eigenvalue weighted by Crippen LogP contribution is 2.28. The molecule has 0 fully saturated rings. The fourth-order valence-electron chi connectivity index (χ4n) is 1.49. The number of hydrogen-bond donors (Lipinski definition) is 0. The molecule has 0 aliphatic heterocycles. The maximum Gasteiger partial charge on any atom is 0.130 e. The van der Waals surface area contributed by atoms with Crippen LogP contribution in [0.4, 0.5) is 0 Å². The van der Waals surface area contributed by atoms with E-state index >= 15 is 0 Å². The van der Waals surface area contributed by atoms with Gasteiger partial charge in [-0.15, -0.1) is 0 Å². The van der Waals surface area contributed by atoms with Gasteiger partial charge < -0.3 is 4.79 Å². The highest BCUT2D eigenvalue weighted by atomic mass is 16.1. The molecule has 2 heteroatoms. The Bertz CT molecular complexity index is 253. The van der Waals surface area contributed by atoms with Gasteiger partial charge in [-0.3, -0.25) is 4.79 Å². The second kappa shape index (κ2) is 5.84. The minimum Gasteiger partial charge on any atom is -0.303 e. The van der Waals surface area contributed by atoms with E-state index in [1.807, 2.05) is 6.92 Å². The van der Waals surface area contributed by atoms with Crippen LogP contribution in [-0.2, 0) is 9.59 Å². The summed E-state index contributed by atoms with van der Waals surface area (Å²) in [6.07, 6.45) is 2.77. The third kappa shape index (κ3) is 5.50. The summed E-state index contributed by atoms with van der Waals surface area (Å²) in [5, 5.41) is 0. The third-order valence-electron chi connectivity index (χ3n) is 2.77. The average Bonchev–Trinajstić information content (AvgIpc) is 2.13. The van der Waals surface area contributed by atoms with E-state index in [4.69, 9.17) is 0 Å². The van der Waals surface area contributed by atoms with E-state index in [1.54, 1.807) is 0 Å². The molecular formula is C13H22O2. The zero-order chi connectivity index (χ0) is 12.1. The van der Waals surface area contributed by atoms with Crippen molar-refractivity contribution in [2.75, 3.05) is 0 Å². The lowest BCUT2D eigenvalue weighted by molar-refractivity contribution is -0.125. The Morgan fingerprint density at radius 3 is 2.33 bits per heavy atom. The van der Waals surface area contributed by atoms with Crippen molar-refractivity contribution in [3.8, 4) is 0 Å². The molecule has 0 aliphatic rings. The predicted molar refractivity (Wildman–Crippen MR) is 62.7 cm³/mol. The molecule has 0 bridgehead atoms. The summed E-state index contributed by atoms with van der Waals surface area (Å²) < 4.78 is 0. The van der Waals surface area contributed by atoms with E-state index < -0.39 is 5.41 Å². The second-order valence-electron chi connectivity index (χ2n) is 4.96. The highest BCUT2D eigenvalue weighted by Gasteiger charge is 2.25. The fraction of sp³-hybridized carbons (Fsp3) is 0.692. The summed E-state index contributed by atoms with van der Waals surface area (Å²) in [6, 6.07) is 0. The van der Waals surface area contributed by atoms with Gasteiger partial charge in [0.25, 0.3) is 0 Å². The molecular weight excluding hydrogens is 188 g/mol. The Morgan fingerprint density at radius 1 is 1.47 bits per heavy atom. The Morgan fingerprint density at radius 2 is 2.00 bits per heavy atom. The van der Waals surface area contributed by atoms with Gasteiger partial charge in [0.2, 0.25) is 0 Å². The highest BCUT2D eigenvalue weighted by molar-refractivity contribution is 5.80. The lowest BCUT2D eigenvalue weighted by Gasteiger charge is -2.22.